The Morgan fingerprint density at radius 3 is 2.75 bits per heavy atom. The number of anilines is 1. The zero-order valence-corrected chi connectivity index (χ0v) is 13.7. The van der Waals surface area contributed by atoms with Crippen LogP contribution in [0.2, 0.25) is 0 Å². The number of sulfonamides is 1. The Balaban J connectivity index is 2.29. The first kappa shape index (κ1) is 15.4. The molecule has 2 aromatic rings. The van der Waals surface area contributed by atoms with E-state index in [0.29, 0.717) is 0 Å². The van der Waals surface area contributed by atoms with Crippen molar-refractivity contribution in [2.24, 2.45) is 0 Å². The van der Waals surface area contributed by atoms with Crippen LogP contribution in [0.25, 0.3) is 0 Å². The molecule has 0 aliphatic carbocycles. The third kappa shape index (κ3) is 3.20. The molecular weight excluding hydrogens is 367 g/mol. The van der Waals surface area contributed by atoms with E-state index in [4.69, 9.17) is 5.73 Å². The maximum Gasteiger partial charge on any atom is 0.243 e. The van der Waals surface area contributed by atoms with Gasteiger partial charge in [-0.1, -0.05) is 0 Å². The van der Waals surface area contributed by atoms with Gasteiger partial charge in [-0.2, -0.15) is 0 Å². The number of benzene rings is 1. The number of hydrogen-bond donors (Lipinski definition) is 2. The molecule has 0 saturated heterocycles. The lowest BCUT2D eigenvalue weighted by atomic mass is 10.3. The molecule has 1 aromatic carbocycles. The second-order valence-corrected chi connectivity index (χ2v) is 7.76. The summed E-state index contributed by atoms with van der Waals surface area (Å²) in [6.07, 6.45) is 0. The zero-order chi connectivity index (χ0) is 14.9. The molecule has 8 heteroatoms. The largest absolute Gasteiger partial charge is 0.399 e. The molecule has 0 radical (unpaired) electrons. The van der Waals surface area contributed by atoms with Gasteiger partial charge in [0.2, 0.25) is 10.0 Å². The molecule has 1 aromatic heterocycles. The summed E-state index contributed by atoms with van der Waals surface area (Å²) in [4.78, 5) is 0.426. The highest BCUT2D eigenvalue weighted by Gasteiger charge is 2.21. The van der Waals surface area contributed by atoms with E-state index in [9.17, 15) is 12.8 Å². The van der Waals surface area contributed by atoms with Crippen LogP contribution in [0.5, 0.6) is 0 Å². The van der Waals surface area contributed by atoms with E-state index in [0.717, 1.165) is 16.5 Å². The van der Waals surface area contributed by atoms with Crippen LogP contribution in [0.1, 0.15) is 10.4 Å². The third-order valence-electron chi connectivity index (χ3n) is 2.70. The van der Waals surface area contributed by atoms with Crippen molar-refractivity contribution < 1.29 is 12.8 Å². The Hall–Kier alpha value is -0.960. The van der Waals surface area contributed by atoms with Gasteiger partial charge < -0.3 is 5.73 Å². The summed E-state index contributed by atoms with van der Waals surface area (Å²) in [5.74, 6) is -0.852. The molecule has 2 rings (SSSR count). The molecule has 0 bridgehead atoms. The van der Waals surface area contributed by atoms with Gasteiger partial charge in [0, 0.05) is 17.1 Å². The average molecular weight is 379 g/mol. The van der Waals surface area contributed by atoms with E-state index in [1.165, 1.54) is 17.4 Å². The summed E-state index contributed by atoms with van der Waals surface area (Å²) >= 11 is 4.39. The van der Waals surface area contributed by atoms with Crippen LogP contribution in [0.3, 0.4) is 0 Å². The topological polar surface area (TPSA) is 72.2 Å². The fraction of sp³-hybridized carbons (Fsp3) is 0.167. The molecule has 108 valence electrons. The van der Waals surface area contributed by atoms with Gasteiger partial charge >= 0.3 is 0 Å². The number of aryl methyl sites for hydroxylation is 1. The van der Waals surface area contributed by atoms with E-state index >= 15 is 0 Å². The van der Waals surface area contributed by atoms with Crippen LogP contribution >= 0.6 is 27.3 Å². The van der Waals surface area contributed by atoms with E-state index in [2.05, 4.69) is 20.7 Å². The summed E-state index contributed by atoms with van der Waals surface area (Å²) in [5.41, 5.74) is 6.72. The van der Waals surface area contributed by atoms with Crippen molar-refractivity contribution >= 4 is 43.0 Å². The molecule has 20 heavy (non-hydrogen) atoms. The number of nitrogen functional groups attached to an aromatic ring is 1. The van der Waals surface area contributed by atoms with Crippen molar-refractivity contribution in [1.82, 2.24) is 4.72 Å². The minimum absolute atomic E-state index is 0.0187. The Morgan fingerprint density at radius 2 is 2.15 bits per heavy atom. The van der Waals surface area contributed by atoms with Crippen LogP contribution in [-0.2, 0) is 16.6 Å². The van der Waals surface area contributed by atoms with Gasteiger partial charge in [0.05, 0.1) is 4.47 Å². The normalized spacial score (nSPS) is 11.8. The molecule has 0 atom stereocenters. The first-order chi connectivity index (χ1) is 9.31. The average Bonchev–Trinajstić information content (AvgIpc) is 2.77. The van der Waals surface area contributed by atoms with Gasteiger partial charge in [0.25, 0.3) is 0 Å². The van der Waals surface area contributed by atoms with Crippen LogP contribution in [0, 0.1) is 12.7 Å². The molecule has 1 heterocycles. The molecule has 0 amide bonds. The van der Waals surface area contributed by atoms with Gasteiger partial charge in [0.15, 0.2) is 5.82 Å². The van der Waals surface area contributed by atoms with Crippen LogP contribution < -0.4 is 10.5 Å². The standard InChI is InChI=1S/C12H12BrFN2O2S2/c1-7-2-3-19-10(7)6-16-20(17,18)11-5-8(15)4-9(13)12(11)14/h2-5,16H,6,15H2,1H3. The minimum atomic E-state index is -3.96. The third-order valence-corrected chi connectivity index (χ3v) is 5.70. The van der Waals surface area contributed by atoms with Gasteiger partial charge in [-0.05, 0) is 52.0 Å². The number of rotatable bonds is 4. The molecule has 0 fully saturated rings. The predicted octanol–water partition coefficient (Wildman–Crippen LogP) is 3.02. The van der Waals surface area contributed by atoms with Crippen molar-refractivity contribution in [2.45, 2.75) is 18.4 Å². The summed E-state index contributed by atoms with van der Waals surface area (Å²) in [6, 6.07) is 4.31. The smallest absolute Gasteiger partial charge is 0.243 e. The van der Waals surface area contributed by atoms with Crippen molar-refractivity contribution in [3.8, 4) is 0 Å². The fourth-order valence-corrected chi connectivity index (χ4v) is 4.28. The molecule has 0 aliphatic rings. The van der Waals surface area contributed by atoms with E-state index in [1.807, 2.05) is 18.4 Å². The highest BCUT2D eigenvalue weighted by atomic mass is 79.9. The molecule has 0 aliphatic heterocycles. The van der Waals surface area contributed by atoms with Crippen molar-refractivity contribution in [2.75, 3.05) is 5.73 Å². The Bertz CT molecular complexity index is 744. The molecule has 0 saturated carbocycles. The highest BCUT2D eigenvalue weighted by Crippen LogP contribution is 2.26. The van der Waals surface area contributed by atoms with Gasteiger partial charge in [-0.15, -0.1) is 11.3 Å². The molecule has 4 nitrogen and oxygen atoms in total. The van der Waals surface area contributed by atoms with E-state index < -0.39 is 20.7 Å². The predicted molar refractivity (Wildman–Crippen MR) is 81.6 cm³/mol. The minimum Gasteiger partial charge on any atom is -0.399 e. The van der Waals surface area contributed by atoms with Crippen molar-refractivity contribution in [3.63, 3.8) is 0 Å². The maximum absolute atomic E-state index is 13.9. The summed E-state index contributed by atoms with van der Waals surface area (Å²) < 4.78 is 40.6. The monoisotopic (exact) mass is 378 g/mol. The van der Waals surface area contributed by atoms with Crippen molar-refractivity contribution in [3.05, 3.63) is 44.3 Å². The van der Waals surface area contributed by atoms with E-state index in [-0.39, 0.29) is 16.7 Å². The second-order valence-electron chi connectivity index (χ2n) is 4.17. The Kier molecular flexibility index (Phi) is 4.48. The summed E-state index contributed by atoms with van der Waals surface area (Å²) in [5, 5.41) is 1.87. The lowest BCUT2D eigenvalue weighted by Crippen LogP contribution is -2.24. The lowest BCUT2D eigenvalue weighted by molar-refractivity contribution is 0.554. The SMILES string of the molecule is Cc1ccsc1CNS(=O)(=O)c1cc(N)cc(Br)c1F. The Morgan fingerprint density at radius 1 is 1.45 bits per heavy atom. The quantitative estimate of drug-likeness (QED) is 0.803. The van der Waals surface area contributed by atoms with Gasteiger partial charge in [-0.3, -0.25) is 0 Å². The number of halogens is 2. The van der Waals surface area contributed by atoms with Crippen molar-refractivity contribution in [1.29, 1.82) is 0 Å². The molecular formula is C12H12BrFN2O2S2. The number of nitrogens with two attached hydrogens (primary N) is 1. The number of hydrogen-bond acceptors (Lipinski definition) is 4. The van der Waals surface area contributed by atoms with Gasteiger partial charge in [-0.25, -0.2) is 17.5 Å². The highest BCUT2D eigenvalue weighted by molar-refractivity contribution is 9.10. The van der Waals surface area contributed by atoms with Gasteiger partial charge in [0.1, 0.15) is 4.90 Å². The van der Waals surface area contributed by atoms with Crippen LogP contribution in [-0.4, -0.2) is 8.42 Å². The van der Waals surface area contributed by atoms with Crippen LogP contribution in [0.4, 0.5) is 10.1 Å². The molecule has 3 N–H and O–H groups in total. The lowest BCUT2D eigenvalue weighted by Gasteiger charge is -2.09. The van der Waals surface area contributed by atoms with E-state index in [1.54, 1.807) is 0 Å². The first-order valence-electron chi connectivity index (χ1n) is 5.58. The Labute approximate surface area is 129 Å². The number of nitrogens with one attached hydrogen (secondary N) is 1. The second kappa shape index (κ2) is 5.80. The zero-order valence-electron chi connectivity index (χ0n) is 10.5. The number of thiophene rings is 1. The molecule has 0 spiro atoms. The maximum atomic E-state index is 13.9. The summed E-state index contributed by atoms with van der Waals surface area (Å²) in [6.45, 7) is 2.01. The fourth-order valence-electron chi connectivity index (χ4n) is 1.60. The molecule has 0 unspecified atom stereocenters. The van der Waals surface area contributed by atoms with Crippen LogP contribution in [0.15, 0.2) is 32.9 Å². The summed E-state index contributed by atoms with van der Waals surface area (Å²) in [7, 11) is -3.96. The first-order valence-corrected chi connectivity index (χ1v) is 8.74.